The molecule has 1 heteroatoms. The number of hydrogen-bond donors (Lipinski definition) is 0. The van der Waals surface area contributed by atoms with Gasteiger partial charge in [0.25, 0.3) is 0 Å². The van der Waals surface area contributed by atoms with Crippen molar-refractivity contribution in [2.75, 3.05) is 0 Å². The van der Waals surface area contributed by atoms with Crippen LogP contribution in [0.4, 0.5) is 0 Å². The highest BCUT2D eigenvalue weighted by Crippen LogP contribution is 2.25. The number of allylic oxidation sites excluding steroid dienone is 2. The van der Waals surface area contributed by atoms with E-state index in [1.54, 1.807) is 12.2 Å². The molecule has 0 saturated heterocycles. The fourth-order valence-electron chi connectivity index (χ4n) is 1.64. The Hall–Kier alpha value is -1.76. The SMILES string of the molecule is [2H]C([2H])([2H])[C-]1C=CC=C(c2ccccc2C)[N+]1=C. The minimum Gasteiger partial charge on any atom is -0.292 e. The highest BCUT2D eigenvalue weighted by atomic mass is 15.0. The summed E-state index contributed by atoms with van der Waals surface area (Å²) in [7, 11) is 0. The van der Waals surface area contributed by atoms with E-state index in [1.165, 1.54) is 4.58 Å². The summed E-state index contributed by atoms with van der Waals surface area (Å²) in [4.78, 5) is 0. The quantitative estimate of drug-likeness (QED) is 0.484. The molecule has 0 bridgehead atoms. The molecule has 1 nitrogen and oxygen atoms in total. The number of rotatable bonds is 1. The lowest BCUT2D eigenvalue weighted by Gasteiger charge is -2.20. The van der Waals surface area contributed by atoms with Gasteiger partial charge in [0.2, 0.25) is 0 Å². The molecule has 1 heterocycles. The van der Waals surface area contributed by atoms with Crippen LogP contribution in [0.15, 0.2) is 42.5 Å². The molecule has 0 amide bonds. The average Bonchev–Trinajstić information content (AvgIpc) is 2.29. The van der Waals surface area contributed by atoms with Crippen molar-refractivity contribution in [2.24, 2.45) is 0 Å². The van der Waals surface area contributed by atoms with Crippen molar-refractivity contribution < 1.29 is 8.69 Å². The van der Waals surface area contributed by atoms with Crippen molar-refractivity contribution in [3.8, 4) is 0 Å². The van der Waals surface area contributed by atoms with Gasteiger partial charge in [0.15, 0.2) is 0 Å². The van der Waals surface area contributed by atoms with Crippen LogP contribution in [0.25, 0.3) is 5.70 Å². The largest absolute Gasteiger partial charge is 0.292 e. The van der Waals surface area contributed by atoms with Gasteiger partial charge in [-0.1, -0.05) is 36.4 Å². The third kappa shape index (κ3) is 1.73. The van der Waals surface area contributed by atoms with Crippen LogP contribution in [0.1, 0.15) is 22.1 Å². The van der Waals surface area contributed by atoms with E-state index in [9.17, 15) is 0 Å². The van der Waals surface area contributed by atoms with E-state index in [1.807, 2.05) is 37.3 Å². The van der Waals surface area contributed by atoms with E-state index in [0.717, 1.165) is 16.8 Å². The summed E-state index contributed by atoms with van der Waals surface area (Å²) in [6.07, 6.45) is 5.22. The maximum Gasteiger partial charge on any atom is 0.130 e. The third-order valence-electron chi connectivity index (χ3n) is 2.51. The van der Waals surface area contributed by atoms with Gasteiger partial charge >= 0.3 is 0 Å². The maximum absolute atomic E-state index is 7.50. The number of benzene rings is 1. The monoisotopic (exact) mass is 200 g/mol. The summed E-state index contributed by atoms with van der Waals surface area (Å²) in [6, 6.07) is 8.10. The predicted octanol–water partition coefficient (Wildman–Crippen LogP) is 3.17. The van der Waals surface area contributed by atoms with Crippen LogP contribution in [0, 0.1) is 13.0 Å². The van der Waals surface area contributed by atoms with Crippen LogP contribution in [0.3, 0.4) is 0 Å². The summed E-state index contributed by atoms with van der Waals surface area (Å²) in [5.41, 5.74) is 2.90. The Morgan fingerprint density at radius 2 is 2.20 bits per heavy atom. The third-order valence-corrected chi connectivity index (χ3v) is 2.51. The van der Waals surface area contributed by atoms with E-state index in [2.05, 4.69) is 6.72 Å². The molecule has 0 aliphatic carbocycles. The zero-order chi connectivity index (χ0) is 13.3. The van der Waals surface area contributed by atoms with Crippen LogP contribution >= 0.6 is 0 Å². The Morgan fingerprint density at radius 1 is 1.40 bits per heavy atom. The van der Waals surface area contributed by atoms with E-state index in [0.29, 0.717) is 0 Å². The molecule has 0 atom stereocenters. The smallest absolute Gasteiger partial charge is 0.130 e. The summed E-state index contributed by atoms with van der Waals surface area (Å²) >= 11 is 0. The average molecular weight is 200 g/mol. The summed E-state index contributed by atoms with van der Waals surface area (Å²) < 4.78 is 24.0. The lowest BCUT2D eigenvalue weighted by Crippen LogP contribution is -2.14. The molecule has 0 fully saturated rings. The molecular weight excluding hydrogens is 182 g/mol. The molecule has 0 spiro atoms. The standard InChI is InChI=1S/C14H15N/c1-11-7-4-5-9-13(11)14-10-6-8-12(2)15(14)3/h4-10H,3H2,1-2H3/i2D3. The number of nitrogens with zero attached hydrogens (tertiary/aromatic N) is 1. The van der Waals surface area contributed by atoms with Gasteiger partial charge in [-0.15, -0.1) is 6.08 Å². The van der Waals surface area contributed by atoms with Gasteiger partial charge in [-0.05, 0) is 19.3 Å². The minimum absolute atomic E-state index is 0.239. The molecule has 1 aliphatic heterocycles. The van der Waals surface area contributed by atoms with Crippen LogP contribution in [0.2, 0.25) is 0 Å². The van der Waals surface area contributed by atoms with Crippen molar-refractivity contribution in [3.63, 3.8) is 0 Å². The van der Waals surface area contributed by atoms with Gasteiger partial charge < -0.3 is 0 Å². The number of aryl methyl sites for hydroxylation is 1. The second-order valence-corrected chi connectivity index (χ2v) is 3.54. The van der Waals surface area contributed by atoms with E-state index in [-0.39, 0.29) is 6.04 Å². The van der Waals surface area contributed by atoms with Gasteiger partial charge in [0, 0.05) is 9.68 Å². The van der Waals surface area contributed by atoms with Gasteiger partial charge in [0.1, 0.15) is 5.70 Å². The van der Waals surface area contributed by atoms with E-state index >= 15 is 0 Å². The second kappa shape index (κ2) is 3.77. The number of hydrogen-bond acceptors (Lipinski definition) is 0. The first-order valence-electron chi connectivity index (χ1n) is 6.33. The first-order chi connectivity index (χ1) is 8.41. The molecule has 76 valence electrons. The molecule has 0 radical (unpaired) electrons. The van der Waals surface area contributed by atoms with Gasteiger partial charge in [-0.3, -0.25) is 4.58 Å². The first kappa shape index (κ1) is 6.67. The Labute approximate surface area is 95.3 Å². The Kier molecular flexibility index (Phi) is 1.68. The molecule has 1 aromatic carbocycles. The molecule has 15 heavy (non-hydrogen) atoms. The topological polar surface area (TPSA) is 3.01 Å². The zero-order valence-electron chi connectivity index (χ0n) is 11.7. The maximum atomic E-state index is 7.50. The van der Waals surface area contributed by atoms with E-state index in [4.69, 9.17) is 4.11 Å². The lowest BCUT2D eigenvalue weighted by molar-refractivity contribution is -0.397. The predicted molar refractivity (Wildman–Crippen MR) is 64.6 cm³/mol. The molecule has 0 saturated carbocycles. The van der Waals surface area contributed by atoms with Crippen LogP contribution in [0.5, 0.6) is 0 Å². The highest BCUT2D eigenvalue weighted by Gasteiger charge is 2.14. The molecule has 1 aliphatic rings. The summed E-state index contributed by atoms with van der Waals surface area (Å²) in [5, 5.41) is 0. The molecule has 0 aromatic heterocycles. The van der Waals surface area contributed by atoms with Crippen LogP contribution < -0.4 is 0 Å². The Morgan fingerprint density at radius 3 is 2.93 bits per heavy atom. The molecule has 0 N–H and O–H groups in total. The summed E-state index contributed by atoms with van der Waals surface area (Å²) in [6.45, 7) is 3.71. The van der Waals surface area contributed by atoms with Crippen LogP contribution in [-0.4, -0.2) is 11.3 Å². The Balaban J connectivity index is 2.43. The highest BCUT2D eigenvalue weighted by molar-refractivity contribution is 5.66. The van der Waals surface area contributed by atoms with Crippen molar-refractivity contribution >= 4 is 12.4 Å². The lowest BCUT2D eigenvalue weighted by atomic mass is 10.0. The minimum atomic E-state index is -2.15. The van der Waals surface area contributed by atoms with Crippen molar-refractivity contribution in [2.45, 2.75) is 13.8 Å². The van der Waals surface area contributed by atoms with Crippen molar-refractivity contribution in [1.29, 1.82) is 0 Å². The zero-order valence-corrected chi connectivity index (χ0v) is 8.70. The van der Waals surface area contributed by atoms with Gasteiger partial charge in [-0.25, -0.2) is 0 Å². The molecule has 1 aromatic rings. The molecular formula is C14H15N. The van der Waals surface area contributed by atoms with E-state index < -0.39 is 6.85 Å². The fourth-order valence-corrected chi connectivity index (χ4v) is 1.64. The Bertz CT molecular complexity index is 538. The fraction of sp³-hybridized carbons (Fsp3) is 0.143. The van der Waals surface area contributed by atoms with Gasteiger partial charge in [0.05, 0.1) is 12.8 Å². The molecule has 0 unspecified atom stereocenters. The van der Waals surface area contributed by atoms with Crippen LogP contribution in [-0.2, 0) is 0 Å². The van der Waals surface area contributed by atoms with Gasteiger partial charge in [-0.2, -0.15) is 0 Å². The van der Waals surface area contributed by atoms with Crippen molar-refractivity contribution in [1.82, 2.24) is 0 Å². The summed E-state index contributed by atoms with van der Waals surface area (Å²) in [5.74, 6) is 0. The van der Waals surface area contributed by atoms with Crippen molar-refractivity contribution in [3.05, 3.63) is 59.7 Å². The normalized spacial score (nSPS) is 19.3. The first-order valence-corrected chi connectivity index (χ1v) is 4.83. The second-order valence-electron chi connectivity index (χ2n) is 3.54. The molecule has 2 rings (SSSR count).